The number of fused-ring (bicyclic) bond motifs is 1. The predicted molar refractivity (Wildman–Crippen MR) is 74.3 cm³/mol. The first-order valence-electron chi connectivity index (χ1n) is 5.52. The van der Waals surface area contributed by atoms with E-state index in [0.717, 1.165) is 9.88 Å². The summed E-state index contributed by atoms with van der Waals surface area (Å²) >= 11 is 17.5. The Bertz CT molecular complexity index is 432. The molecular formula is C11H12Cl3NO2S. The van der Waals surface area contributed by atoms with Crippen LogP contribution in [-0.2, 0) is 9.59 Å². The molecule has 3 nitrogen and oxygen atoms in total. The molecule has 2 aliphatic rings. The lowest BCUT2D eigenvalue weighted by Crippen LogP contribution is -2.27. The average Bonchev–Trinajstić information content (AvgIpc) is 2.44. The van der Waals surface area contributed by atoms with Gasteiger partial charge in [0.15, 0.2) is 0 Å². The molecule has 0 saturated carbocycles. The van der Waals surface area contributed by atoms with Gasteiger partial charge < -0.3 is 0 Å². The first-order chi connectivity index (χ1) is 8.20. The second-order valence-electron chi connectivity index (χ2n) is 4.69. The smallest absolute Gasteiger partial charge is 0.256 e. The zero-order valence-electron chi connectivity index (χ0n) is 9.82. The van der Waals surface area contributed by atoms with Crippen molar-refractivity contribution in [1.82, 2.24) is 4.31 Å². The van der Waals surface area contributed by atoms with Gasteiger partial charge in [-0.3, -0.25) is 9.59 Å². The summed E-state index contributed by atoms with van der Waals surface area (Å²) in [5, 5.41) is 0. The minimum atomic E-state index is -1.71. The van der Waals surface area contributed by atoms with Crippen LogP contribution < -0.4 is 0 Å². The Kier molecular flexibility index (Phi) is 3.94. The van der Waals surface area contributed by atoms with Crippen LogP contribution in [0.1, 0.15) is 20.3 Å². The highest BCUT2D eigenvalue weighted by Gasteiger charge is 2.51. The molecule has 2 amide bonds. The fourth-order valence-electron chi connectivity index (χ4n) is 2.36. The molecule has 0 aromatic carbocycles. The quantitative estimate of drug-likeness (QED) is 0.320. The van der Waals surface area contributed by atoms with Gasteiger partial charge in [-0.15, -0.1) is 0 Å². The third kappa shape index (κ3) is 2.67. The van der Waals surface area contributed by atoms with Crippen molar-refractivity contribution in [3.8, 4) is 0 Å². The lowest BCUT2D eigenvalue weighted by atomic mass is 9.77. The van der Waals surface area contributed by atoms with Gasteiger partial charge in [0.05, 0.1) is 11.8 Å². The summed E-state index contributed by atoms with van der Waals surface area (Å²) in [6, 6.07) is 0. The molecule has 1 saturated heterocycles. The van der Waals surface area contributed by atoms with Crippen LogP contribution in [0.5, 0.6) is 0 Å². The average molecular weight is 329 g/mol. The van der Waals surface area contributed by atoms with E-state index in [4.69, 9.17) is 34.8 Å². The number of halogens is 3. The Balaban J connectivity index is 2.26. The van der Waals surface area contributed by atoms with E-state index in [9.17, 15) is 9.59 Å². The van der Waals surface area contributed by atoms with Crippen LogP contribution in [0.4, 0.5) is 0 Å². The molecule has 2 rings (SSSR count). The summed E-state index contributed by atoms with van der Waals surface area (Å²) in [7, 11) is 0. The van der Waals surface area contributed by atoms with Gasteiger partial charge in [0, 0.05) is 11.9 Å². The normalized spacial score (nSPS) is 32.6. The van der Waals surface area contributed by atoms with Gasteiger partial charge in [-0.25, -0.2) is 4.31 Å². The Hall–Kier alpha value is 0.1000. The van der Waals surface area contributed by atoms with E-state index in [2.05, 4.69) is 0 Å². The number of nitrogens with zero attached hydrogens (tertiary/aromatic N) is 1. The standard InChI is InChI=1S/C11H12Cl3NO2S/c1-5-3-7-8(4-6(5)2)10(17)15(9(7)16)18-11(12,13)14/h3,6-8H,4H2,1-2H3. The minimum absolute atomic E-state index is 0.253. The maximum absolute atomic E-state index is 12.2. The Morgan fingerprint density at radius 1 is 1.33 bits per heavy atom. The number of hydrogen-bond acceptors (Lipinski definition) is 3. The highest BCUT2D eigenvalue weighted by atomic mass is 35.6. The molecule has 0 aromatic rings. The van der Waals surface area contributed by atoms with Crippen molar-refractivity contribution < 1.29 is 9.59 Å². The summed E-state index contributed by atoms with van der Waals surface area (Å²) in [4.78, 5) is 24.3. The second kappa shape index (κ2) is 4.89. The summed E-state index contributed by atoms with van der Waals surface area (Å²) in [5.41, 5.74) is 1.14. The lowest BCUT2D eigenvalue weighted by molar-refractivity contribution is -0.133. The maximum atomic E-state index is 12.2. The largest absolute Gasteiger partial charge is 0.273 e. The van der Waals surface area contributed by atoms with E-state index in [1.54, 1.807) is 0 Å². The number of amides is 2. The Labute approximate surface area is 125 Å². The maximum Gasteiger partial charge on any atom is 0.256 e. The molecule has 0 aromatic heterocycles. The second-order valence-corrected chi connectivity index (χ2v) is 8.80. The van der Waals surface area contributed by atoms with Gasteiger partial charge in [0.1, 0.15) is 0 Å². The zero-order chi connectivity index (χ0) is 13.7. The van der Waals surface area contributed by atoms with Crippen LogP contribution in [0.3, 0.4) is 0 Å². The molecule has 3 unspecified atom stereocenters. The van der Waals surface area contributed by atoms with E-state index < -0.39 is 9.04 Å². The lowest BCUT2D eigenvalue weighted by Gasteiger charge is -2.24. The van der Waals surface area contributed by atoms with Gasteiger partial charge in [-0.05, 0) is 19.3 Å². The van der Waals surface area contributed by atoms with Crippen LogP contribution >= 0.6 is 46.8 Å². The molecule has 0 bridgehead atoms. The zero-order valence-corrected chi connectivity index (χ0v) is 12.9. The van der Waals surface area contributed by atoms with Crippen LogP contribution in [0, 0.1) is 17.8 Å². The molecule has 1 fully saturated rings. The monoisotopic (exact) mass is 327 g/mol. The molecule has 0 spiro atoms. The molecule has 1 heterocycles. The van der Waals surface area contributed by atoms with Gasteiger partial charge in [0.2, 0.25) is 11.8 Å². The van der Waals surface area contributed by atoms with Crippen LogP contribution in [0.15, 0.2) is 11.6 Å². The van der Waals surface area contributed by atoms with Crippen molar-refractivity contribution in [2.45, 2.75) is 23.4 Å². The fourth-order valence-corrected chi connectivity index (χ4v) is 3.63. The van der Waals surface area contributed by atoms with Crippen molar-refractivity contribution in [3.63, 3.8) is 0 Å². The number of hydrogen-bond donors (Lipinski definition) is 0. The number of allylic oxidation sites excluding steroid dienone is 1. The summed E-state index contributed by atoms with van der Waals surface area (Å²) in [6.45, 7) is 4.02. The van der Waals surface area contributed by atoms with Crippen LogP contribution in [0.25, 0.3) is 0 Å². The number of alkyl halides is 3. The van der Waals surface area contributed by atoms with Crippen molar-refractivity contribution in [3.05, 3.63) is 11.6 Å². The topological polar surface area (TPSA) is 37.4 Å². The number of imide groups is 1. The van der Waals surface area contributed by atoms with Gasteiger partial charge in [-0.1, -0.05) is 53.4 Å². The van der Waals surface area contributed by atoms with Crippen molar-refractivity contribution in [1.29, 1.82) is 0 Å². The molecule has 1 aliphatic carbocycles. The number of rotatable bonds is 1. The first-order valence-corrected chi connectivity index (χ1v) is 7.43. The molecule has 1 aliphatic heterocycles. The molecule has 0 radical (unpaired) electrons. The van der Waals surface area contributed by atoms with Gasteiger partial charge in [0.25, 0.3) is 3.12 Å². The van der Waals surface area contributed by atoms with E-state index in [-0.39, 0.29) is 17.7 Å². The molecule has 100 valence electrons. The van der Waals surface area contributed by atoms with Crippen LogP contribution in [0.2, 0.25) is 0 Å². The number of carbonyl (C=O) groups excluding carboxylic acids is 2. The fraction of sp³-hybridized carbons (Fsp3) is 0.636. The third-order valence-corrected chi connectivity index (χ3v) is 4.83. The Morgan fingerprint density at radius 3 is 2.50 bits per heavy atom. The molecular weight excluding hydrogens is 317 g/mol. The summed E-state index contributed by atoms with van der Waals surface area (Å²) in [5.74, 6) is -0.935. The highest BCUT2D eigenvalue weighted by molar-refractivity contribution is 8.03. The van der Waals surface area contributed by atoms with Gasteiger partial charge in [-0.2, -0.15) is 0 Å². The minimum Gasteiger partial charge on any atom is -0.273 e. The predicted octanol–water partition coefficient (Wildman–Crippen LogP) is 3.55. The first kappa shape index (κ1) is 14.5. The van der Waals surface area contributed by atoms with E-state index in [0.29, 0.717) is 24.3 Å². The SMILES string of the molecule is CC1=CC2C(=O)N(SC(Cl)(Cl)Cl)C(=O)C2CC1C. The summed E-state index contributed by atoms with van der Waals surface area (Å²) < 4.78 is -0.701. The third-order valence-electron chi connectivity index (χ3n) is 3.46. The molecule has 0 N–H and O–H groups in total. The van der Waals surface area contributed by atoms with Crippen LogP contribution in [-0.4, -0.2) is 19.2 Å². The highest BCUT2D eigenvalue weighted by Crippen LogP contribution is 2.47. The molecule has 3 atom stereocenters. The van der Waals surface area contributed by atoms with Crippen molar-refractivity contribution >= 4 is 58.6 Å². The molecule has 18 heavy (non-hydrogen) atoms. The van der Waals surface area contributed by atoms with Crippen molar-refractivity contribution in [2.75, 3.05) is 0 Å². The van der Waals surface area contributed by atoms with Crippen molar-refractivity contribution in [2.24, 2.45) is 17.8 Å². The summed E-state index contributed by atoms with van der Waals surface area (Å²) in [6.07, 6.45) is 2.55. The van der Waals surface area contributed by atoms with E-state index >= 15 is 0 Å². The number of carbonyl (C=O) groups is 2. The Morgan fingerprint density at radius 2 is 1.94 bits per heavy atom. The van der Waals surface area contributed by atoms with E-state index in [1.165, 1.54) is 0 Å². The van der Waals surface area contributed by atoms with E-state index in [1.807, 2.05) is 19.9 Å². The van der Waals surface area contributed by atoms with Gasteiger partial charge >= 0.3 is 0 Å². The molecule has 7 heteroatoms.